The van der Waals surface area contributed by atoms with Gasteiger partial charge in [0, 0.05) is 12.3 Å². The predicted molar refractivity (Wildman–Crippen MR) is 169 cm³/mol. The number of benzene rings is 3. The number of nitrogens with zero attached hydrogens (tertiary/aromatic N) is 3. The largest absolute Gasteiger partial charge is 0.452 e. The average Bonchev–Trinajstić information content (AvgIpc) is 3.44. The van der Waals surface area contributed by atoms with Crippen LogP contribution in [0.5, 0.6) is 0 Å². The number of carbonyl (C=O) groups excluding carboxylic acids is 3. The molecular weight excluding hydrogens is 604 g/mol. The highest BCUT2D eigenvalue weighted by Gasteiger charge is 2.54. The van der Waals surface area contributed by atoms with E-state index in [-0.39, 0.29) is 33.5 Å². The molecule has 0 spiro atoms. The first-order valence-corrected chi connectivity index (χ1v) is 14.5. The number of nitrogens with two attached hydrogens (primary N) is 1. The molecule has 0 unspecified atom stereocenters. The number of carbonyl (C=O) groups is 3. The van der Waals surface area contributed by atoms with Crippen molar-refractivity contribution >= 4 is 34.8 Å². The lowest BCUT2D eigenvalue weighted by atomic mass is 10.0. The third kappa shape index (κ3) is 6.35. The van der Waals surface area contributed by atoms with Crippen LogP contribution in [-0.4, -0.2) is 56.9 Å². The summed E-state index contributed by atoms with van der Waals surface area (Å²) in [7, 11) is 0. The number of pyridine rings is 1. The lowest BCUT2D eigenvalue weighted by Crippen LogP contribution is -2.44. The van der Waals surface area contributed by atoms with Crippen molar-refractivity contribution in [3.63, 3.8) is 0 Å². The summed E-state index contributed by atoms with van der Waals surface area (Å²) >= 11 is 0. The molecule has 1 aliphatic heterocycles. The van der Waals surface area contributed by atoms with E-state index in [9.17, 15) is 19.2 Å². The number of nitrogen functional groups attached to an aromatic ring is 1. The van der Waals surface area contributed by atoms with Crippen LogP contribution in [0.3, 0.4) is 0 Å². The Labute approximate surface area is 268 Å². The van der Waals surface area contributed by atoms with Crippen LogP contribution in [0.4, 0.5) is 5.82 Å². The number of rotatable bonds is 9. The zero-order chi connectivity index (χ0) is 32.9. The van der Waals surface area contributed by atoms with Crippen LogP contribution in [0.15, 0.2) is 127 Å². The van der Waals surface area contributed by atoms with Gasteiger partial charge in [0.2, 0.25) is 0 Å². The summed E-state index contributed by atoms with van der Waals surface area (Å²) in [6.45, 7) is 3.84. The number of esters is 3. The van der Waals surface area contributed by atoms with Gasteiger partial charge in [-0.3, -0.25) is 4.79 Å². The molecule has 2 aromatic heterocycles. The molecule has 0 amide bonds. The zero-order valence-electron chi connectivity index (χ0n) is 24.7. The van der Waals surface area contributed by atoms with E-state index in [0.717, 1.165) is 0 Å². The molecule has 0 radical (unpaired) electrons. The summed E-state index contributed by atoms with van der Waals surface area (Å²) < 4.78 is 25.8. The molecule has 12 heteroatoms. The van der Waals surface area contributed by atoms with Crippen LogP contribution in [0.1, 0.15) is 37.3 Å². The van der Waals surface area contributed by atoms with E-state index in [4.69, 9.17) is 24.7 Å². The second-order valence-electron chi connectivity index (χ2n) is 10.5. The fourth-order valence-electron chi connectivity index (χ4n) is 5.29. The first-order valence-electron chi connectivity index (χ1n) is 14.5. The Morgan fingerprint density at radius 2 is 1.32 bits per heavy atom. The lowest BCUT2D eigenvalue weighted by Gasteiger charge is -2.27. The molecule has 3 aromatic carbocycles. The van der Waals surface area contributed by atoms with Gasteiger partial charge in [-0.25, -0.2) is 24.4 Å². The molecule has 0 bridgehead atoms. The number of fused-ring (bicyclic) bond motifs is 1. The van der Waals surface area contributed by atoms with Gasteiger partial charge in [-0.2, -0.15) is 0 Å². The molecule has 5 atom stereocenters. The number of aromatic nitrogens is 3. The van der Waals surface area contributed by atoms with E-state index >= 15 is 0 Å². The molecule has 12 nitrogen and oxygen atoms in total. The summed E-state index contributed by atoms with van der Waals surface area (Å²) in [5.41, 5.74) is 6.37. The Balaban J connectivity index is 1.47. The number of anilines is 1. The molecule has 0 aliphatic carbocycles. The fraction of sp³-hybridized carbons (Fsp3) is 0.143. The number of hydrogen-bond donors (Lipinski definition) is 1. The van der Waals surface area contributed by atoms with E-state index in [0.29, 0.717) is 0 Å². The molecular formula is C35H28N4O8. The number of ether oxygens (including phenoxy) is 4. The Morgan fingerprint density at radius 1 is 0.787 bits per heavy atom. The standard InChI is InChI=1S/C35H28N4O8/c1-2-25(44-33(41)21-12-6-3-7-13-21)27-28(46-34(42)22-14-8-4-9-15-22)29(47-35(43)23-16-10-5-11-17-23)32(45-27)39-19-18-24(40)26-30(36)37-20-38-31(26)39/h2-20,25,27-29,32H,1H2,(H2,36,37,38)/t25-,27-,28-,29-,32-/m1/s1. The second-order valence-corrected chi connectivity index (χ2v) is 10.5. The molecule has 1 fully saturated rings. The Morgan fingerprint density at radius 3 is 1.87 bits per heavy atom. The normalized spacial score (nSPS) is 19.4. The molecule has 6 rings (SSSR count). The molecule has 47 heavy (non-hydrogen) atoms. The van der Waals surface area contributed by atoms with Crippen LogP contribution in [-0.2, 0) is 18.9 Å². The second kappa shape index (κ2) is 13.5. The average molecular weight is 633 g/mol. The minimum absolute atomic E-state index is 0.00351. The summed E-state index contributed by atoms with van der Waals surface area (Å²) in [6.07, 6.45) is -2.55. The molecule has 236 valence electrons. The van der Waals surface area contributed by atoms with Gasteiger partial charge in [0.15, 0.2) is 35.6 Å². The van der Waals surface area contributed by atoms with Gasteiger partial charge in [0.05, 0.1) is 16.7 Å². The highest BCUT2D eigenvalue weighted by atomic mass is 16.7. The Kier molecular flexibility index (Phi) is 8.84. The van der Waals surface area contributed by atoms with Crippen LogP contribution < -0.4 is 11.2 Å². The third-order valence-corrected chi connectivity index (χ3v) is 7.55. The monoisotopic (exact) mass is 632 g/mol. The van der Waals surface area contributed by atoms with Gasteiger partial charge >= 0.3 is 17.9 Å². The van der Waals surface area contributed by atoms with Crippen molar-refractivity contribution < 1.29 is 33.3 Å². The maximum absolute atomic E-state index is 13.5. The summed E-state index contributed by atoms with van der Waals surface area (Å²) in [4.78, 5) is 61.2. The van der Waals surface area contributed by atoms with Crippen LogP contribution in [0.25, 0.3) is 11.0 Å². The molecule has 3 heterocycles. The fourth-order valence-corrected chi connectivity index (χ4v) is 5.29. The molecule has 1 saturated heterocycles. The van der Waals surface area contributed by atoms with Crippen molar-refractivity contribution in [1.82, 2.24) is 14.5 Å². The molecule has 0 saturated carbocycles. The van der Waals surface area contributed by atoms with E-state index in [1.165, 1.54) is 29.2 Å². The molecule has 1 aliphatic rings. The van der Waals surface area contributed by atoms with Crippen LogP contribution in [0.2, 0.25) is 0 Å². The molecule has 5 aromatic rings. The Bertz CT molecular complexity index is 1990. The quantitative estimate of drug-likeness (QED) is 0.141. The third-order valence-electron chi connectivity index (χ3n) is 7.55. The van der Waals surface area contributed by atoms with Crippen LogP contribution in [0, 0.1) is 0 Å². The van der Waals surface area contributed by atoms with Crippen molar-refractivity contribution in [3.8, 4) is 0 Å². The maximum Gasteiger partial charge on any atom is 0.338 e. The van der Waals surface area contributed by atoms with Gasteiger partial charge in [0.1, 0.15) is 23.6 Å². The minimum atomic E-state index is -1.36. The smallest absolute Gasteiger partial charge is 0.338 e. The van der Waals surface area contributed by atoms with E-state index in [1.807, 2.05) is 0 Å². The SMILES string of the molecule is C=C[C@@H](OC(=O)c1ccccc1)[C@H]1O[C@@H](n2ccc(=O)c3c(N)ncnc32)[C@H](OC(=O)c2ccccc2)[C@@H]1OC(=O)c1ccccc1. The van der Waals surface area contributed by atoms with Crippen molar-refractivity contribution in [3.05, 3.63) is 149 Å². The first kappa shape index (κ1) is 30.9. The van der Waals surface area contributed by atoms with Gasteiger partial charge in [-0.15, -0.1) is 0 Å². The first-order chi connectivity index (χ1) is 22.9. The van der Waals surface area contributed by atoms with Gasteiger partial charge in [-0.05, 0) is 42.5 Å². The summed E-state index contributed by atoms with van der Waals surface area (Å²) in [6, 6.07) is 25.9. The highest BCUT2D eigenvalue weighted by molar-refractivity contribution is 5.91. The van der Waals surface area contributed by atoms with Crippen molar-refractivity contribution in [2.24, 2.45) is 0 Å². The van der Waals surface area contributed by atoms with E-state index < -0.39 is 54.0 Å². The van der Waals surface area contributed by atoms with E-state index in [1.54, 1.807) is 91.0 Å². The summed E-state index contributed by atoms with van der Waals surface area (Å²) in [5.74, 6) is -2.27. The van der Waals surface area contributed by atoms with Gasteiger partial charge in [0.25, 0.3) is 0 Å². The van der Waals surface area contributed by atoms with Gasteiger partial charge in [-0.1, -0.05) is 61.2 Å². The minimum Gasteiger partial charge on any atom is -0.452 e. The highest BCUT2D eigenvalue weighted by Crippen LogP contribution is 2.38. The van der Waals surface area contributed by atoms with Crippen LogP contribution >= 0.6 is 0 Å². The topological polar surface area (TPSA) is 162 Å². The van der Waals surface area contributed by atoms with Crippen molar-refractivity contribution in [1.29, 1.82) is 0 Å². The van der Waals surface area contributed by atoms with Gasteiger partial charge < -0.3 is 29.2 Å². The zero-order valence-corrected chi connectivity index (χ0v) is 24.7. The maximum atomic E-state index is 13.5. The van der Waals surface area contributed by atoms with Crippen molar-refractivity contribution in [2.75, 3.05) is 5.73 Å². The number of hydrogen-bond acceptors (Lipinski definition) is 11. The Hall–Kier alpha value is -6.14. The van der Waals surface area contributed by atoms with Crippen molar-refractivity contribution in [2.45, 2.75) is 30.6 Å². The summed E-state index contributed by atoms with van der Waals surface area (Å²) in [5, 5.41) is 0.00351. The van der Waals surface area contributed by atoms with E-state index in [2.05, 4.69) is 16.5 Å². The molecule has 2 N–H and O–H groups in total. The predicted octanol–water partition coefficient (Wildman–Crippen LogP) is 4.13. The lowest BCUT2D eigenvalue weighted by molar-refractivity contribution is -0.0791.